The molecule has 8 heteroatoms. The van der Waals surface area contributed by atoms with Crippen LogP contribution in [0.15, 0.2) is 58.1 Å². The van der Waals surface area contributed by atoms with Gasteiger partial charge in [0.15, 0.2) is 0 Å². The van der Waals surface area contributed by atoms with Crippen LogP contribution < -0.4 is 21.5 Å². The minimum atomic E-state index is -0.817. The van der Waals surface area contributed by atoms with E-state index in [0.29, 0.717) is 24.5 Å². The molecule has 1 atom stereocenters. The van der Waals surface area contributed by atoms with Crippen LogP contribution in [0.2, 0.25) is 0 Å². The molecule has 0 aliphatic carbocycles. The summed E-state index contributed by atoms with van der Waals surface area (Å²) >= 11 is 0. The van der Waals surface area contributed by atoms with E-state index < -0.39 is 16.9 Å². The topological polar surface area (TPSA) is 79.5 Å². The third-order valence-corrected chi connectivity index (χ3v) is 6.41. The van der Waals surface area contributed by atoms with Crippen LogP contribution in [-0.4, -0.2) is 20.8 Å². The van der Waals surface area contributed by atoms with Crippen molar-refractivity contribution in [3.05, 3.63) is 91.9 Å². The Morgan fingerprint density at radius 3 is 2.45 bits per heavy atom. The van der Waals surface area contributed by atoms with Crippen LogP contribution in [0.4, 0.5) is 15.9 Å². The van der Waals surface area contributed by atoms with E-state index in [4.69, 9.17) is 0 Å². The van der Waals surface area contributed by atoms with Gasteiger partial charge >= 0.3 is 5.69 Å². The van der Waals surface area contributed by atoms with E-state index in [1.165, 1.54) is 21.3 Å². The van der Waals surface area contributed by atoms with Crippen molar-refractivity contribution in [3.63, 3.8) is 0 Å². The van der Waals surface area contributed by atoms with E-state index in [-0.39, 0.29) is 19.0 Å². The molecule has 0 bridgehead atoms. The third-order valence-electron chi connectivity index (χ3n) is 6.41. The lowest BCUT2D eigenvalue weighted by atomic mass is 9.93. The van der Waals surface area contributed by atoms with Gasteiger partial charge in [-0.25, -0.2) is 9.18 Å². The lowest BCUT2D eigenvalue weighted by molar-refractivity contribution is 0.277. The predicted molar refractivity (Wildman–Crippen MR) is 127 cm³/mol. The Morgan fingerprint density at radius 2 is 1.79 bits per heavy atom. The van der Waals surface area contributed by atoms with Crippen LogP contribution in [0, 0.1) is 5.82 Å². The van der Waals surface area contributed by atoms with Crippen molar-refractivity contribution in [2.45, 2.75) is 45.4 Å². The molecule has 2 heterocycles. The molecule has 174 valence electrons. The Kier molecular flexibility index (Phi) is 6.12. The fraction of sp³-hybridized carbons (Fsp3) is 0.360. The van der Waals surface area contributed by atoms with Crippen LogP contribution in [-0.2, 0) is 32.2 Å². The zero-order valence-corrected chi connectivity index (χ0v) is 19.1. The second kappa shape index (κ2) is 8.86. The van der Waals surface area contributed by atoms with Crippen molar-refractivity contribution >= 4 is 11.5 Å². The van der Waals surface area contributed by atoms with Gasteiger partial charge in [0.1, 0.15) is 23.0 Å². The van der Waals surface area contributed by atoms with Crippen LogP contribution in [0.25, 0.3) is 0 Å². The van der Waals surface area contributed by atoms with Crippen molar-refractivity contribution in [2.75, 3.05) is 16.8 Å². The number of hydrogen-bond donors (Lipinski definition) is 2. The number of aryl methyl sites for hydroxylation is 1. The molecular weight excluding hydrogens is 423 g/mol. The zero-order valence-electron chi connectivity index (χ0n) is 19.1. The maximum absolute atomic E-state index is 13.6. The fourth-order valence-electron chi connectivity index (χ4n) is 4.61. The van der Waals surface area contributed by atoms with Gasteiger partial charge in [0, 0.05) is 32.3 Å². The van der Waals surface area contributed by atoms with Crippen molar-refractivity contribution in [1.82, 2.24) is 9.13 Å². The molecule has 4 rings (SSSR count). The molecule has 0 spiro atoms. The van der Waals surface area contributed by atoms with E-state index in [1.807, 2.05) is 30.0 Å². The normalized spacial score (nSPS) is 17.2. The summed E-state index contributed by atoms with van der Waals surface area (Å²) in [4.78, 5) is 28.5. The van der Waals surface area contributed by atoms with Crippen LogP contribution >= 0.6 is 0 Å². The monoisotopic (exact) mass is 452 g/mol. The Balaban J connectivity index is 1.95. The van der Waals surface area contributed by atoms with E-state index in [9.17, 15) is 19.1 Å². The van der Waals surface area contributed by atoms with E-state index in [0.717, 1.165) is 23.1 Å². The SMILES string of the molecule is CCc1ccccc1C1(C)Nc2c(c(=O)n(CCCO)c(=O)n2C)N1Cc1ccc(F)cc1. The summed E-state index contributed by atoms with van der Waals surface area (Å²) in [5, 5.41) is 12.7. The first-order chi connectivity index (χ1) is 15.8. The van der Waals surface area contributed by atoms with Gasteiger partial charge < -0.3 is 15.3 Å². The summed E-state index contributed by atoms with van der Waals surface area (Å²) in [5.41, 5.74) is 1.68. The Bertz CT molecular complexity index is 1280. The van der Waals surface area contributed by atoms with Gasteiger partial charge in [-0.3, -0.25) is 13.9 Å². The van der Waals surface area contributed by atoms with Crippen molar-refractivity contribution in [1.29, 1.82) is 0 Å². The molecule has 1 aromatic heterocycles. The maximum atomic E-state index is 13.6. The van der Waals surface area contributed by atoms with Gasteiger partial charge in [0.05, 0.1) is 0 Å². The predicted octanol–water partition coefficient (Wildman–Crippen LogP) is 2.94. The van der Waals surface area contributed by atoms with Crippen molar-refractivity contribution in [2.24, 2.45) is 7.05 Å². The maximum Gasteiger partial charge on any atom is 0.332 e. The highest BCUT2D eigenvalue weighted by molar-refractivity contribution is 5.75. The lowest BCUT2D eigenvalue weighted by Gasteiger charge is -2.38. The molecule has 0 saturated heterocycles. The van der Waals surface area contributed by atoms with E-state index in [1.54, 1.807) is 19.2 Å². The van der Waals surface area contributed by atoms with Gasteiger partial charge in [-0.05, 0) is 43.0 Å². The second-order valence-electron chi connectivity index (χ2n) is 8.49. The number of aromatic nitrogens is 2. The summed E-state index contributed by atoms with van der Waals surface area (Å²) in [6.45, 7) is 4.41. The fourth-order valence-corrected chi connectivity index (χ4v) is 4.61. The van der Waals surface area contributed by atoms with E-state index in [2.05, 4.69) is 18.3 Å². The Hall–Kier alpha value is -3.39. The first-order valence-electron chi connectivity index (χ1n) is 11.1. The summed E-state index contributed by atoms with van der Waals surface area (Å²) in [7, 11) is 1.64. The highest BCUT2D eigenvalue weighted by Gasteiger charge is 2.45. The number of halogens is 1. The minimum Gasteiger partial charge on any atom is -0.396 e. The Labute approximate surface area is 191 Å². The van der Waals surface area contributed by atoms with E-state index >= 15 is 0 Å². The van der Waals surface area contributed by atoms with Gasteiger partial charge in [-0.2, -0.15) is 0 Å². The number of aliphatic hydroxyl groups is 1. The number of benzene rings is 2. The molecule has 0 radical (unpaired) electrons. The average molecular weight is 453 g/mol. The smallest absolute Gasteiger partial charge is 0.332 e. The molecule has 33 heavy (non-hydrogen) atoms. The third kappa shape index (κ3) is 3.84. The highest BCUT2D eigenvalue weighted by Crippen LogP contribution is 2.44. The standard InChI is InChI=1S/C25H29FN4O3/c1-4-18-8-5-6-9-20(18)25(2)27-22-21(30(25)16-17-10-12-19(26)13-11-17)23(32)29(14-7-15-31)24(33)28(22)3/h5-6,8-13,27,31H,4,7,14-16H2,1-3H3. The number of hydrogen-bond acceptors (Lipinski definition) is 5. The molecule has 0 amide bonds. The molecule has 3 aromatic rings. The van der Waals surface area contributed by atoms with Crippen molar-refractivity contribution < 1.29 is 9.50 Å². The largest absolute Gasteiger partial charge is 0.396 e. The first kappa shape index (κ1) is 22.8. The number of aliphatic hydroxyl groups excluding tert-OH is 1. The molecule has 7 nitrogen and oxygen atoms in total. The molecule has 0 saturated carbocycles. The van der Waals surface area contributed by atoms with Crippen LogP contribution in [0.5, 0.6) is 0 Å². The second-order valence-corrected chi connectivity index (χ2v) is 8.49. The van der Waals surface area contributed by atoms with Gasteiger partial charge in [-0.1, -0.05) is 43.3 Å². The molecule has 2 aromatic carbocycles. The molecular formula is C25H29FN4O3. The lowest BCUT2D eigenvalue weighted by Crippen LogP contribution is -2.47. The summed E-state index contributed by atoms with van der Waals surface area (Å²) < 4.78 is 16.2. The van der Waals surface area contributed by atoms with Crippen molar-refractivity contribution in [3.8, 4) is 0 Å². The molecule has 0 fully saturated rings. The number of fused-ring (bicyclic) bond motifs is 1. The molecule has 2 N–H and O–H groups in total. The zero-order chi connectivity index (χ0) is 23.8. The minimum absolute atomic E-state index is 0.119. The number of nitrogens with zero attached hydrogens (tertiary/aromatic N) is 3. The van der Waals surface area contributed by atoms with Crippen LogP contribution in [0.1, 0.15) is 37.0 Å². The van der Waals surface area contributed by atoms with Gasteiger partial charge in [-0.15, -0.1) is 0 Å². The average Bonchev–Trinajstić information content (AvgIpc) is 3.12. The highest BCUT2D eigenvalue weighted by atomic mass is 19.1. The molecule has 1 aliphatic heterocycles. The quantitative estimate of drug-likeness (QED) is 0.576. The number of nitrogens with one attached hydrogen (secondary N) is 1. The summed E-state index contributed by atoms with van der Waals surface area (Å²) in [5.74, 6) is 0.118. The number of rotatable bonds is 7. The Morgan fingerprint density at radius 1 is 1.09 bits per heavy atom. The molecule has 1 aliphatic rings. The molecule has 1 unspecified atom stereocenters. The first-order valence-corrected chi connectivity index (χ1v) is 11.1. The van der Waals surface area contributed by atoms with Gasteiger partial charge in [0.2, 0.25) is 0 Å². The summed E-state index contributed by atoms with van der Waals surface area (Å²) in [6, 6.07) is 14.2. The number of anilines is 2. The summed E-state index contributed by atoms with van der Waals surface area (Å²) in [6.07, 6.45) is 1.10. The van der Waals surface area contributed by atoms with Gasteiger partial charge in [0.25, 0.3) is 5.56 Å². The van der Waals surface area contributed by atoms with Crippen LogP contribution in [0.3, 0.4) is 0 Å².